The van der Waals surface area contributed by atoms with Crippen molar-refractivity contribution < 1.29 is 14.6 Å². The van der Waals surface area contributed by atoms with E-state index in [1.54, 1.807) is 18.3 Å². The van der Waals surface area contributed by atoms with Crippen LogP contribution in [0.3, 0.4) is 0 Å². The van der Waals surface area contributed by atoms with Crippen LogP contribution < -0.4 is 4.74 Å². The molecule has 0 spiro atoms. The Morgan fingerprint density at radius 3 is 2.84 bits per heavy atom. The maximum absolute atomic E-state index is 10.7. The lowest BCUT2D eigenvalue weighted by molar-refractivity contribution is 0.0696. The number of rotatable bonds is 5. The van der Waals surface area contributed by atoms with E-state index in [0.717, 1.165) is 0 Å². The Morgan fingerprint density at radius 2 is 2.21 bits per heavy atom. The number of pyridine rings is 2. The summed E-state index contributed by atoms with van der Waals surface area (Å²) in [5.74, 6) is -0.295. The molecule has 0 aromatic carbocycles. The molecule has 0 unspecified atom stereocenters. The summed E-state index contributed by atoms with van der Waals surface area (Å²) in [6.07, 6.45) is 3.00. The molecule has 0 aliphatic carbocycles. The lowest BCUT2D eigenvalue weighted by Gasteiger charge is -2.07. The lowest BCUT2D eigenvalue weighted by atomic mass is 10.3. The van der Waals surface area contributed by atoms with Crippen molar-refractivity contribution in [3.8, 4) is 5.75 Å². The van der Waals surface area contributed by atoms with Crippen molar-refractivity contribution >= 4 is 17.7 Å². The number of hydrogen-bond donors (Lipinski definition) is 1. The molecule has 0 amide bonds. The molecule has 2 aromatic heterocycles. The Morgan fingerprint density at radius 1 is 1.37 bits per heavy atom. The number of carbonyl (C=O) groups is 1. The molecule has 6 heteroatoms. The summed E-state index contributed by atoms with van der Waals surface area (Å²) >= 11 is 1.33. The van der Waals surface area contributed by atoms with E-state index in [1.165, 1.54) is 24.0 Å². The van der Waals surface area contributed by atoms with Crippen LogP contribution in [0.15, 0.2) is 46.7 Å². The number of aromatic carboxylic acids is 1. The molecule has 0 atom stereocenters. The quantitative estimate of drug-likeness (QED) is 0.905. The number of hydrogen-bond acceptors (Lipinski definition) is 5. The monoisotopic (exact) mass is 276 g/mol. The predicted molar refractivity (Wildman–Crippen MR) is 70.7 cm³/mol. The van der Waals surface area contributed by atoms with Crippen molar-refractivity contribution in [3.63, 3.8) is 0 Å². The molecule has 2 heterocycles. The SMILES string of the molecule is CCOc1cccnc1Sc1ccc(C(=O)O)cn1. The van der Waals surface area contributed by atoms with E-state index in [9.17, 15) is 4.79 Å². The van der Waals surface area contributed by atoms with Crippen LogP contribution in [-0.2, 0) is 0 Å². The fourth-order valence-electron chi connectivity index (χ4n) is 1.38. The Kier molecular flexibility index (Phi) is 4.35. The summed E-state index contributed by atoms with van der Waals surface area (Å²) in [5.41, 5.74) is 0.162. The molecule has 1 N–H and O–H groups in total. The van der Waals surface area contributed by atoms with E-state index in [4.69, 9.17) is 9.84 Å². The van der Waals surface area contributed by atoms with Gasteiger partial charge < -0.3 is 9.84 Å². The van der Waals surface area contributed by atoms with Gasteiger partial charge in [-0.3, -0.25) is 0 Å². The van der Waals surface area contributed by atoms with Gasteiger partial charge in [-0.15, -0.1) is 0 Å². The van der Waals surface area contributed by atoms with Crippen molar-refractivity contribution in [3.05, 3.63) is 42.2 Å². The maximum Gasteiger partial charge on any atom is 0.337 e. The van der Waals surface area contributed by atoms with E-state index in [0.29, 0.717) is 22.4 Å². The zero-order valence-corrected chi connectivity index (χ0v) is 11.1. The first-order valence-electron chi connectivity index (χ1n) is 5.65. The van der Waals surface area contributed by atoms with Gasteiger partial charge in [-0.1, -0.05) is 0 Å². The molecule has 2 aromatic rings. The minimum absolute atomic E-state index is 0.162. The molecule has 19 heavy (non-hydrogen) atoms. The van der Waals surface area contributed by atoms with E-state index in [2.05, 4.69) is 9.97 Å². The van der Waals surface area contributed by atoms with Crippen LogP contribution in [0, 0.1) is 0 Å². The molecular weight excluding hydrogens is 264 g/mol. The van der Waals surface area contributed by atoms with E-state index < -0.39 is 5.97 Å². The van der Waals surface area contributed by atoms with Gasteiger partial charge in [0.15, 0.2) is 5.75 Å². The van der Waals surface area contributed by atoms with Crippen LogP contribution in [0.25, 0.3) is 0 Å². The largest absolute Gasteiger partial charge is 0.491 e. The number of aromatic nitrogens is 2. The second-order valence-electron chi connectivity index (χ2n) is 3.53. The van der Waals surface area contributed by atoms with E-state index in [1.807, 2.05) is 13.0 Å². The second-order valence-corrected chi connectivity index (χ2v) is 4.54. The molecule has 0 saturated heterocycles. The van der Waals surface area contributed by atoms with Gasteiger partial charge in [0.1, 0.15) is 10.1 Å². The minimum atomic E-state index is -0.989. The zero-order chi connectivity index (χ0) is 13.7. The third kappa shape index (κ3) is 3.45. The number of carboxylic acid groups (broad SMARTS) is 1. The van der Waals surface area contributed by atoms with Crippen molar-refractivity contribution in [1.82, 2.24) is 9.97 Å². The van der Waals surface area contributed by atoms with E-state index in [-0.39, 0.29) is 5.56 Å². The Balaban J connectivity index is 2.19. The molecule has 0 aliphatic heterocycles. The smallest absolute Gasteiger partial charge is 0.337 e. The van der Waals surface area contributed by atoms with Gasteiger partial charge in [-0.2, -0.15) is 0 Å². The fourth-order valence-corrected chi connectivity index (χ4v) is 2.17. The van der Waals surface area contributed by atoms with Crippen LogP contribution >= 0.6 is 11.8 Å². The highest BCUT2D eigenvalue weighted by atomic mass is 32.2. The average Bonchev–Trinajstić information content (AvgIpc) is 2.42. The Labute approximate surface area is 114 Å². The van der Waals surface area contributed by atoms with Crippen molar-refractivity contribution in [1.29, 1.82) is 0 Å². The first kappa shape index (κ1) is 13.4. The third-order valence-corrected chi connectivity index (χ3v) is 3.17. The third-order valence-electron chi connectivity index (χ3n) is 2.22. The minimum Gasteiger partial charge on any atom is -0.491 e. The molecular formula is C13H12N2O3S. The van der Waals surface area contributed by atoms with Crippen LogP contribution in [-0.4, -0.2) is 27.7 Å². The number of carboxylic acids is 1. The topological polar surface area (TPSA) is 72.3 Å². The van der Waals surface area contributed by atoms with Crippen LogP contribution in [0.1, 0.15) is 17.3 Å². The van der Waals surface area contributed by atoms with Crippen LogP contribution in [0.2, 0.25) is 0 Å². The number of ether oxygens (including phenoxy) is 1. The van der Waals surface area contributed by atoms with Gasteiger partial charge >= 0.3 is 5.97 Å². The Hall–Kier alpha value is -2.08. The summed E-state index contributed by atoms with van der Waals surface area (Å²) in [7, 11) is 0. The van der Waals surface area contributed by atoms with Gasteiger partial charge in [-0.05, 0) is 43.0 Å². The van der Waals surface area contributed by atoms with Crippen molar-refractivity contribution in [2.24, 2.45) is 0 Å². The van der Waals surface area contributed by atoms with Gasteiger partial charge in [0.05, 0.1) is 12.2 Å². The van der Waals surface area contributed by atoms with E-state index >= 15 is 0 Å². The summed E-state index contributed by atoms with van der Waals surface area (Å²) < 4.78 is 5.47. The fraction of sp³-hybridized carbons (Fsp3) is 0.154. The highest BCUT2D eigenvalue weighted by Crippen LogP contribution is 2.31. The highest BCUT2D eigenvalue weighted by molar-refractivity contribution is 7.99. The normalized spacial score (nSPS) is 10.2. The standard InChI is InChI=1S/C13H12N2O3S/c1-2-18-10-4-3-7-14-12(10)19-11-6-5-9(8-15-11)13(16)17/h3-8H,2H2,1H3,(H,16,17). The molecule has 98 valence electrons. The maximum atomic E-state index is 10.7. The van der Waals surface area contributed by atoms with Crippen molar-refractivity contribution in [2.75, 3.05) is 6.61 Å². The molecule has 0 saturated carbocycles. The predicted octanol–water partition coefficient (Wildman–Crippen LogP) is 2.72. The van der Waals surface area contributed by atoms with Gasteiger partial charge in [-0.25, -0.2) is 14.8 Å². The summed E-state index contributed by atoms with van der Waals surface area (Å²) in [6, 6.07) is 6.81. The first-order valence-corrected chi connectivity index (χ1v) is 6.47. The lowest BCUT2D eigenvalue weighted by Crippen LogP contribution is -1.97. The molecule has 0 aliphatic rings. The molecule has 0 radical (unpaired) electrons. The van der Waals surface area contributed by atoms with Crippen LogP contribution in [0.4, 0.5) is 0 Å². The highest BCUT2D eigenvalue weighted by Gasteiger charge is 2.08. The Bertz CT molecular complexity index is 572. The summed E-state index contributed by atoms with van der Waals surface area (Å²) in [4.78, 5) is 19.0. The van der Waals surface area contributed by atoms with Gasteiger partial charge in [0.2, 0.25) is 0 Å². The number of nitrogens with zero attached hydrogens (tertiary/aromatic N) is 2. The summed E-state index contributed by atoms with van der Waals surface area (Å²) in [6.45, 7) is 2.46. The summed E-state index contributed by atoms with van der Waals surface area (Å²) in [5, 5.41) is 10.2. The molecule has 2 rings (SSSR count). The second kappa shape index (κ2) is 6.19. The zero-order valence-electron chi connectivity index (χ0n) is 10.2. The molecule has 5 nitrogen and oxygen atoms in total. The van der Waals surface area contributed by atoms with Crippen molar-refractivity contribution in [2.45, 2.75) is 17.0 Å². The molecule has 0 fully saturated rings. The van der Waals surface area contributed by atoms with Gasteiger partial charge in [0.25, 0.3) is 0 Å². The average molecular weight is 276 g/mol. The van der Waals surface area contributed by atoms with Crippen LogP contribution in [0.5, 0.6) is 5.75 Å². The first-order chi connectivity index (χ1) is 9.20. The molecule has 0 bridgehead atoms. The van der Waals surface area contributed by atoms with Gasteiger partial charge in [0, 0.05) is 12.4 Å².